The van der Waals surface area contributed by atoms with Crippen molar-refractivity contribution in [3.05, 3.63) is 107 Å². The summed E-state index contributed by atoms with van der Waals surface area (Å²) >= 11 is 6.03. The fraction of sp³-hybridized carbons (Fsp3) is 0.0714. The molecular formula is C28H22ClN5O3S. The van der Waals surface area contributed by atoms with Crippen molar-refractivity contribution in [1.29, 1.82) is 0 Å². The van der Waals surface area contributed by atoms with Gasteiger partial charge in [0.25, 0.3) is 15.9 Å². The van der Waals surface area contributed by atoms with E-state index in [9.17, 15) is 13.2 Å². The zero-order valence-electron chi connectivity index (χ0n) is 20.4. The van der Waals surface area contributed by atoms with Crippen LogP contribution in [-0.4, -0.2) is 29.3 Å². The highest BCUT2D eigenvalue weighted by atomic mass is 35.5. The Labute approximate surface area is 224 Å². The monoisotopic (exact) mass is 543 g/mol. The predicted octanol–water partition coefficient (Wildman–Crippen LogP) is 6.02. The maximum atomic E-state index is 13.3. The third-order valence-electron chi connectivity index (χ3n) is 5.73. The molecule has 0 aliphatic heterocycles. The normalized spacial score (nSPS) is 11.3. The van der Waals surface area contributed by atoms with Crippen molar-refractivity contribution in [3.63, 3.8) is 0 Å². The van der Waals surface area contributed by atoms with E-state index in [1.807, 2.05) is 36.4 Å². The van der Waals surface area contributed by atoms with Crippen LogP contribution in [0.2, 0.25) is 5.02 Å². The van der Waals surface area contributed by atoms with Gasteiger partial charge in [-0.1, -0.05) is 41.9 Å². The lowest BCUT2D eigenvalue weighted by molar-refractivity contribution is 0.102. The molecule has 0 spiro atoms. The predicted molar refractivity (Wildman–Crippen MR) is 149 cm³/mol. The third-order valence-corrected chi connectivity index (χ3v) is 7.33. The Balaban J connectivity index is 1.40. The van der Waals surface area contributed by atoms with Gasteiger partial charge in [-0.3, -0.25) is 4.79 Å². The number of rotatable bonds is 6. The molecule has 38 heavy (non-hydrogen) atoms. The average Bonchev–Trinajstić information content (AvgIpc) is 2.88. The highest BCUT2D eigenvalue weighted by molar-refractivity contribution is 7.92. The Morgan fingerprint density at radius 1 is 0.816 bits per heavy atom. The molecule has 5 aromatic rings. The van der Waals surface area contributed by atoms with Crippen molar-refractivity contribution in [2.45, 2.75) is 18.7 Å². The molecule has 5 rings (SSSR count). The number of hydrogen-bond acceptors (Lipinski definition) is 6. The van der Waals surface area contributed by atoms with Gasteiger partial charge in [0.15, 0.2) is 0 Å². The number of anilines is 2. The van der Waals surface area contributed by atoms with E-state index in [2.05, 4.69) is 20.0 Å². The van der Waals surface area contributed by atoms with Gasteiger partial charge in [0, 0.05) is 33.0 Å². The van der Waals surface area contributed by atoms with E-state index in [1.165, 1.54) is 24.3 Å². The Morgan fingerprint density at radius 2 is 1.47 bits per heavy atom. The molecule has 0 unspecified atom stereocenters. The van der Waals surface area contributed by atoms with Gasteiger partial charge in [-0.2, -0.15) is 0 Å². The number of aromatic nitrogens is 3. The zero-order valence-corrected chi connectivity index (χ0v) is 22.0. The molecule has 10 heteroatoms. The van der Waals surface area contributed by atoms with E-state index in [1.54, 1.807) is 38.1 Å². The molecule has 3 aromatic carbocycles. The molecule has 2 aromatic heterocycles. The lowest BCUT2D eigenvalue weighted by atomic mass is 10.0. The fourth-order valence-corrected chi connectivity index (χ4v) is 5.07. The second-order valence-corrected chi connectivity index (χ2v) is 10.8. The minimum Gasteiger partial charge on any atom is -0.322 e. The quantitative estimate of drug-likeness (QED) is 0.271. The Bertz CT molecular complexity index is 1750. The number of carbonyl (C=O) groups excluding carboxylic acids is 1. The number of pyridine rings is 1. The summed E-state index contributed by atoms with van der Waals surface area (Å²) < 4.78 is 28.0. The van der Waals surface area contributed by atoms with Crippen LogP contribution in [0.1, 0.15) is 21.7 Å². The first-order chi connectivity index (χ1) is 18.2. The van der Waals surface area contributed by atoms with E-state index in [0.717, 1.165) is 5.56 Å². The van der Waals surface area contributed by atoms with Crippen molar-refractivity contribution in [2.24, 2.45) is 0 Å². The summed E-state index contributed by atoms with van der Waals surface area (Å²) in [7, 11) is -3.92. The fourth-order valence-electron chi connectivity index (χ4n) is 4.00. The van der Waals surface area contributed by atoms with Gasteiger partial charge in [-0.05, 0) is 68.4 Å². The number of halogens is 1. The van der Waals surface area contributed by atoms with Crippen LogP contribution in [0.15, 0.2) is 89.8 Å². The highest BCUT2D eigenvalue weighted by Crippen LogP contribution is 2.27. The maximum Gasteiger partial charge on any atom is 0.264 e. The number of benzene rings is 3. The molecule has 0 aliphatic carbocycles. The molecule has 0 fully saturated rings. The molecule has 0 saturated heterocycles. The van der Waals surface area contributed by atoms with Crippen molar-refractivity contribution < 1.29 is 13.2 Å². The molecule has 0 aliphatic rings. The molecule has 1 amide bonds. The van der Waals surface area contributed by atoms with Crippen LogP contribution in [0.25, 0.3) is 22.2 Å². The summed E-state index contributed by atoms with van der Waals surface area (Å²) in [6.07, 6.45) is 0. The molecule has 0 bridgehead atoms. The van der Waals surface area contributed by atoms with Gasteiger partial charge >= 0.3 is 0 Å². The van der Waals surface area contributed by atoms with Crippen LogP contribution in [0, 0.1) is 13.8 Å². The summed E-state index contributed by atoms with van der Waals surface area (Å²) in [4.78, 5) is 26.3. The van der Waals surface area contributed by atoms with Gasteiger partial charge in [-0.25, -0.2) is 28.1 Å². The minimum atomic E-state index is -3.92. The molecule has 0 atom stereocenters. The second-order valence-electron chi connectivity index (χ2n) is 8.64. The number of para-hydroxylation sites is 1. The number of hydrogen-bond donors (Lipinski definition) is 2. The van der Waals surface area contributed by atoms with Crippen LogP contribution in [0.4, 0.5) is 11.6 Å². The number of sulfonamides is 1. The molecular weight excluding hydrogens is 522 g/mol. The van der Waals surface area contributed by atoms with E-state index >= 15 is 0 Å². The number of fused-ring (bicyclic) bond motifs is 1. The number of aryl methyl sites for hydroxylation is 2. The first kappa shape index (κ1) is 25.3. The number of nitrogens with zero attached hydrogens (tertiary/aromatic N) is 3. The van der Waals surface area contributed by atoms with Crippen molar-refractivity contribution in [2.75, 3.05) is 10.0 Å². The number of amides is 1. The van der Waals surface area contributed by atoms with E-state index in [0.29, 0.717) is 44.3 Å². The van der Waals surface area contributed by atoms with Crippen molar-refractivity contribution in [1.82, 2.24) is 15.0 Å². The van der Waals surface area contributed by atoms with Crippen LogP contribution < -0.4 is 10.0 Å². The highest BCUT2D eigenvalue weighted by Gasteiger charge is 2.18. The average molecular weight is 544 g/mol. The van der Waals surface area contributed by atoms with Gasteiger partial charge in [0.1, 0.15) is 0 Å². The van der Waals surface area contributed by atoms with Crippen molar-refractivity contribution in [3.8, 4) is 11.3 Å². The van der Waals surface area contributed by atoms with E-state index in [4.69, 9.17) is 16.6 Å². The summed E-state index contributed by atoms with van der Waals surface area (Å²) in [5, 5.41) is 4.15. The Hall–Kier alpha value is -4.34. The molecule has 0 radical (unpaired) electrons. The Morgan fingerprint density at radius 3 is 2.16 bits per heavy atom. The molecule has 8 nitrogen and oxygen atoms in total. The van der Waals surface area contributed by atoms with E-state index < -0.39 is 10.0 Å². The molecule has 2 heterocycles. The van der Waals surface area contributed by atoms with Gasteiger partial charge < -0.3 is 5.32 Å². The first-order valence-electron chi connectivity index (χ1n) is 11.6. The standard InChI is InChI=1S/C28H22ClN5O3S/c1-17-15-18(2)31-28(30-17)34-38(36,37)22-13-11-21(12-14-22)32-27(35)24-16-26(19-7-9-20(29)10-8-19)33-25-6-4-3-5-23(24)25/h3-16H,1-2H3,(H,32,35)(H,30,31,34). The van der Waals surface area contributed by atoms with E-state index in [-0.39, 0.29) is 16.8 Å². The second kappa shape index (κ2) is 10.2. The molecule has 2 N–H and O–H groups in total. The summed E-state index contributed by atoms with van der Waals surface area (Å²) in [6, 6.07) is 24.0. The van der Waals surface area contributed by atoms with Crippen LogP contribution in [0.3, 0.4) is 0 Å². The lowest BCUT2D eigenvalue weighted by Gasteiger charge is -2.12. The molecule has 0 saturated carbocycles. The summed E-state index contributed by atoms with van der Waals surface area (Å²) in [6.45, 7) is 3.52. The summed E-state index contributed by atoms with van der Waals surface area (Å²) in [5.74, 6) is -0.350. The van der Waals surface area contributed by atoms with Crippen LogP contribution in [0.5, 0.6) is 0 Å². The van der Waals surface area contributed by atoms with Crippen LogP contribution >= 0.6 is 11.6 Å². The topological polar surface area (TPSA) is 114 Å². The third kappa shape index (κ3) is 5.49. The number of carbonyl (C=O) groups is 1. The van der Waals surface area contributed by atoms with Gasteiger partial charge in [-0.15, -0.1) is 0 Å². The maximum absolute atomic E-state index is 13.3. The zero-order chi connectivity index (χ0) is 26.9. The SMILES string of the molecule is Cc1cc(C)nc(NS(=O)(=O)c2ccc(NC(=O)c3cc(-c4ccc(Cl)cc4)nc4ccccc34)cc2)n1. The van der Waals surface area contributed by atoms with Gasteiger partial charge in [0.05, 0.1) is 21.7 Å². The number of nitrogens with one attached hydrogen (secondary N) is 2. The molecule has 190 valence electrons. The van der Waals surface area contributed by atoms with Crippen LogP contribution in [-0.2, 0) is 10.0 Å². The first-order valence-corrected chi connectivity index (χ1v) is 13.5. The van der Waals surface area contributed by atoms with Gasteiger partial charge in [0.2, 0.25) is 5.95 Å². The minimum absolute atomic E-state index is 0.000867. The lowest BCUT2D eigenvalue weighted by Crippen LogP contribution is -2.16. The smallest absolute Gasteiger partial charge is 0.264 e. The van der Waals surface area contributed by atoms with Crippen molar-refractivity contribution >= 4 is 50.1 Å². The largest absolute Gasteiger partial charge is 0.322 e. The summed E-state index contributed by atoms with van der Waals surface area (Å²) in [5.41, 5.74) is 4.30. The Kier molecular flexibility index (Phi) is 6.79.